The number of ether oxygens (including phenoxy) is 3. The van der Waals surface area contributed by atoms with Gasteiger partial charge in [-0.1, -0.05) is 29.4 Å². The van der Waals surface area contributed by atoms with Crippen molar-refractivity contribution in [3.05, 3.63) is 114 Å². The van der Waals surface area contributed by atoms with Crippen LogP contribution in [0.2, 0.25) is 0 Å². The van der Waals surface area contributed by atoms with Gasteiger partial charge >= 0.3 is 26.2 Å². The second kappa shape index (κ2) is 17.2. The molecule has 16 heteroatoms. The fourth-order valence-corrected chi connectivity index (χ4v) is 5.56. The first kappa shape index (κ1) is 36.5. The molecule has 48 heavy (non-hydrogen) atoms. The minimum absolute atomic E-state index is 0.0746. The van der Waals surface area contributed by atoms with Crippen LogP contribution in [0, 0.1) is 6.92 Å². The van der Waals surface area contributed by atoms with Crippen LogP contribution in [0.5, 0.6) is 0 Å². The zero-order valence-electron chi connectivity index (χ0n) is 27.2. The quantitative estimate of drug-likeness (QED) is 0.0691. The van der Waals surface area contributed by atoms with Gasteiger partial charge in [-0.05, 0) is 75.5 Å². The number of aryl methyl sites for hydroxylation is 1. The van der Waals surface area contributed by atoms with Crippen LogP contribution in [-0.2, 0) is 41.0 Å². The molecule has 1 aliphatic rings. The fourth-order valence-electron chi connectivity index (χ4n) is 4.56. The molecule has 256 valence electrons. The number of carbonyl (C=O) groups excluding carboxylic acids is 2. The highest BCUT2D eigenvalue weighted by atomic mass is 31.2. The number of benzene rings is 2. The van der Waals surface area contributed by atoms with Crippen LogP contribution < -0.4 is 11.2 Å². The van der Waals surface area contributed by atoms with Crippen LogP contribution >= 0.6 is 8.60 Å². The number of hydrogen-bond donors (Lipinski definition) is 1. The van der Waals surface area contributed by atoms with Gasteiger partial charge in [-0.25, -0.2) is 14.4 Å². The van der Waals surface area contributed by atoms with Gasteiger partial charge < -0.3 is 27.8 Å². The standard InChI is InChI=1S/C32H38N5O10P/c1-19(2)45-30(39)24-10-6-22(7-11-24)16-42-48(43-17-23-8-12-25(13-9-23)31(40)46-20(3)4)44-18-27-26(35-36-33)14-28(47-27)37-15-21(5)29(38)34-32(37)41/h6-13,15,19-20,26-28H,14,16-18H2,1-5H3,(H,34,38,41)/t26-,27+,28+/m0/s1. The maximum absolute atomic E-state index is 12.5. The van der Waals surface area contributed by atoms with E-state index in [-0.39, 0.29) is 38.4 Å². The summed E-state index contributed by atoms with van der Waals surface area (Å²) in [5.74, 6) is -0.864. The van der Waals surface area contributed by atoms with E-state index in [1.807, 2.05) is 0 Å². The molecule has 3 atom stereocenters. The van der Waals surface area contributed by atoms with Gasteiger partial charge in [0.25, 0.3) is 5.56 Å². The first-order valence-corrected chi connectivity index (χ1v) is 16.3. The molecular formula is C32H38N5O10P. The van der Waals surface area contributed by atoms with Gasteiger partial charge in [-0.2, -0.15) is 0 Å². The second-order valence-corrected chi connectivity index (χ2v) is 12.7. The number of rotatable bonds is 15. The molecule has 15 nitrogen and oxygen atoms in total. The van der Waals surface area contributed by atoms with Crippen LogP contribution in [-0.4, -0.2) is 52.5 Å². The van der Waals surface area contributed by atoms with Crippen molar-refractivity contribution in [3.63, 3.8) is 0 Å². The molecule has 0 amide bonds. The van der Waals surface area contributed by atoms with Crippen molar-refractivity contribution < 1.29 is 37.4 Å². The molecule has 2 heterocycles. The van der Waals surface area contributed by atoms with E-state index in [0.717, 1.165) is 11.1 Å². The average Bonchev–Trinajstić information content (AvgIpc) is 3.44. The summed E-state index contributed by atoms with van der Waals surface area (Å²) in [4.78, 5) is 53.9. The number of hydrogen-bond acceptors (Lipinski definition) is 11. The van der Waals surface area contributed by atoms with E-state index < -0.39 is 50.2 Å². The van der Waals surface area contributed by atoms with Crippen LogP contribution in [0.25, 0.3) is 10.4 Å². The molecule has 1 N–H and O–H groups in total. The summed E-state index contributed by atoms with van der Waals surface area (Å²) in [5.41, 5.74) is 10.6. The number of H-pyrrole nitrogens is 1. The number of esters is 2. The number of aromatic nitrogens is 2. The van der Waals surface area contributed by atoms with Gasteiger partial charge in [-0.3, -0.25) is 14.3 Å². The third kappa shape index (κ3) is 10.3. The van der Waals surface area contributed by atoms with Crippen LogP contribution in [0.15, 0.2) is 69.4 Å². The molecular weight excluding hydrogens is 645 g/mol. The Morgan fingerprint density at radius 3 is 1.94 bits per heavy atom. The van der Waals surface area contributed by atoms with Crippen molar-refractivity contribution in [2.45, 2.75) is 84.8 Å². The second-order valence-electron chi connectivity index (χ2n) is 11.5. The maximum Gasteiger partial charge on any atom is 0.338 e. The molecule has 1 saturated heterocycles. The first-order valence-electron chi connectivity index (χ1n) is 15.2. The summed E-state index contributed by atoms with van der Waals surface area (Å²) in [7, 11) is -2.01. The fraction of sp³-hybridized carbons (Fsp3) is 0.438. The number of carbonyl (C=O) groups is 2. The highest BCUT2D eigenvalue weighted by molar-refractivity contribution is 7.41. The van der Waals surface area contributed by atoms with Gasteiger partial charge in [0.15, 0.2) is 0 Å². The Balaban J connectivity index is 1.45. The average molecular weight is 684 g/mol. The van der Waals surface area contributed by atoms with Crippen molar-refractivity contribution in [2.75, 3.05) is 6.61 Å². The Morgan fingerprint density at radius 1 is 0.938 bits per heavy atom. The summed E-state index contributed by atoms with van der Waals surface area (Å²) < 4.78 is 35.8. The van der Waals surface area contributed by atoms with Crippen molar-refractivity contribution in [2.24, 2.45) is 5.11 Å². The molecule has 0 aliphatic carbocycles. The van der Waals surface area contributed by atoms with E-state index in [9.17, 15) is 24.7 Å². The van der Waals surface area contributed by atoms with Crippen molar-refractivity contribution in [1.29, 1.82) is 0 Å². The van der Waals surface area contributed by atoms with Gasteiger partial charge in [0.1, 0.15) is 6.23 Å². The zero-order valence-corrected chi connectivity index (χ0v) is 28.1. The largest absolute Gasteiger partial charge is 0.459 e. The Hall–Kier alpha value is -4.36. The van der Waals surface area contributed by atoms with Crippen LogP contribution in [0.3, 0.4) is 0 Å². The highest BCUT2D eigenvalue weighted by Crippen LogP contribution is 2.43. The molecule has 1 fully saturated rings. The number of nitrogens with one attached hydrogen (secondary N) is 1. The van der Waals surface area contributed by atoms with Gasteiger partial charge in [0.05, 0.1) is 55.3 Å². The minimum atomic E-state index is -2.01. The summed E-state index contributed by atoms with van der Waals surface area (Å²) in [5, 5.41) is 3.83. The lowest BCUT2D eigenvalue weighted by molar-refractivity contribution is -0.0267. The molecule has 0 spiro atoms. The summed E-state index contributed by atoms with van der Waals surface area (Å²) in [6.07, 6.45) is -0.513. The van der Waals surface area contributed by atoms with Gasteiger partial charge in [0.2, 0.25) is 0 Å². The molecule has 0 radical (unpaired) electrons. The SMILES string of the molecule is Cc1cn([C@H]2C[C@H](N=[N+]=[N-])[C@@H](COP(OCc3ccc(C(=O)OC(C)C)cc3)OCc3ccc(C(=O)OC(C)C)cc3)O2)c(=O)[nH]c1=O. The number of azide groups is 1. The monoisotopic (exact) mass is 683 g/mol. The third-order valence-electron chi connectivity index (χ3n) is 6.94. The summed E-state index contributed by atoms with van der Waals surface area (Å²) >= 11 is 0. The van der Waals surface area contributed by atoms with E-state index in [4.69, 9.17) is 27.8 Å². The Kier molecular flexibility index (Phi) is 13.0. The van der Waals surface area contributed by atoms with E-state index in [1.165, 1.54) is 10.8 Å². The van der Waals surface area contributed by atoms with Crippen molar-refractivity contribution in [3.8, 4) is 0 Å². The van der Waals surface area contributed by atoms with Gasteiger partial charge in [-0.15, -0.1) is 0 Å². The number of aromatic amines is 1. The van der Waals surface area contributed by atoms with Crippen LogP contribution in [0.1, 0.15) is 77.8 Å². The molecule has 1 aromatic heterocycles. The lowest BCUT2D eigenvalue weighted by Gasteiger charge is -2.21. The predicted octanol–water partition coefficient (Wildman–Crippen LogP) is 5.62. The van der Waals surface area contributed by atoms with E-state index in [0.29, 0.717) is 16.7 Å². The molecule has 0 unspecified atom stereocenters. The van der Waals surface area contributed by atoms with Crippen molar-refractivity contribution in [1.82, 2.24) is 9.55 Å². The summed E-state index contributed by atoms with van der Waals surface area (Å²) in [6, 6.07) is 12.8. The molecule has 0 bridgehead atoms. The van der Waals surface area contributed by atoms with E-state index in [2.05, 4.69) is 15.0 Å². The predicted molar refractivity (Wildman–Crippen MR) is 174 cm³/mol. The lowest BCUT2D eigenvalue weighted by Crippen LogP contribution is -2.33. The molecule has 1 aliphatic heterocycles. The first-order chi connectivity index (χ1) is 22.9. The smallest absolute Gasteiger partial charge is 0.338 e. The highest BCUT2D eigenvalue weighted by Gasteiger charge is 2.37. The zero-order chi connectivity index (χ0) is 34.8. The van der Waals surface area contributed by atoms with E-state index >= 15 is 0 Å². The molecule has 4 rings (SSSR count). The van der Waals surface area contributed by atoms with Crippen molar-refractivity contribution >= 4 is 20.5 Å². The molecule has 3 aromatic rings. The minimum Gasteiger partial charge on any atom is -0.459 e. The Morgan fingerprint density at radius 2 is 1.46 bits per heavy atom. The summed E-state index contributed by atoms with van der Waals surface area (Å²) in [6.45, 7) is 8.69. The third-order valence-corrected chi connectivity index (χ3v) is 7.98. The van der Waals surface area contributed by atoms with Gasteiger partial charge in [0, 0.05) is 23.1 Å². The molecule has 0 saturated carbocycles. The topological polar surface area (TPSA) is 193 Å². The normalized spacial score (nSPS) is 17.5. The number of nitrogens with zero attached hydrogens (tertiary/aromatic N) is 4. The van der Waals surface area contributed by atoms with E-state index in [1.54, 1.807) is 83.1 Å². The molecule has 2 aromatic carbocycles. The maximum atomic E-state index is 12.5. The van der Waals surface area contributed by atoms with Crippen LogP contribution in [0.4, 0.5) is 0 Å². The Labute approximate surface area is 277 Å². The Bertz CT molecular complexity index is 1650. The lowest BCUT2D eigenvalue weighted by atomic mass is 10.1.